The van der Waals surface area contributed by atoms with Crippen LogP contribution in [0.15, 0.2) is 35.8 Å². The molecule has 0 unspecified atom stereocenters. The predicted molar refractivity (Wildman–Crippen MR) is 69.8 cm³/mol. The molecule has 0 fully saturated rings. The van der Waals surface area contributed by atoms with Crippen molar-refractivity contribution >= 4 is 22.3 Å². The Kier molecular flexibility index (Phi) is 2.79. The molecule has 0 radical (unpaired) electrons. The van der Waals surface area contributed by atoms with Gasteiger partial charge in [-0.25, -0.2) is 9.37 Å². The highest BCUT2D eigenvalue weighted by atomic mass is 32.1. The van der Waals surface area contributed by atoms with Crippen molar-refractivity contribution in [3.05, 3.63) is 47.4 Å². The van der Waals surface area contributed by atoms with Crippen molar-refractivity contribution in [2.24, 2.45) is 0 Å². The maximum absolute atomic E-state index is 12.9. The summed E-state index contributed by atoms with van der Waals surface area (Å²) in [6, 6.07) is 6.10. The summed E-state index contributed by atoms with van der Waals surface area (Å²) in [6.07, 6.45) is 1.47. The lowest BCUT2D eigenvalue weighted by molar-refractivity contribution is -0.136. The van der Waals surface area contributed by atoms with Gasteiger partial charge < -0.3 is 5.11 Å². The van der Waals surface area contributed by atoms with Crippen molar-refractivity contribution in [3.8, 4) is 11.3 Å². The van der Waals surface area contributed by atoms with E-state index in [-0.39, 0.29) is 12.2 Å². The highest BCUT2D eigenvalue weighted by Crippen LogP contribution is 2.27. The van der Waals surface area contributed by atoms with Gasteiger partial charge in [0.25, 0.3) is 0 Å². The summed E-state index contributed by atoms with van der Waals surface area (Å²) in [7, 11) is 0. The van der Waals surface area contributed by atoms with E-state index in [9.17, 15) is 9.18 Å². The standard InChI is InChI=1S/C13H9FN2O2S/c14-9-3-1-8(2-4-9)11-7-19-13-15-6-10(16(11)13)5-12(17)18/h1-4,6-7H,5H2,(H,17,18). The summed E-state index contributed by atoms with van der Waals surface area (Å²) in [6.45, 7) is 0. The quantitative estimate of drug-likeness (QED) is 0.800. The summed E-state index contributed by atoms with van der Waals surface area (Å²) in [5.74, 6) is -1.20. The zero-order valence-corrected chi connectivity index (χ0v) is 10.5. The number of aliphatic carboxylic acids is 1. The van der Waals surface area contributed by atoms with Crippen LogP contribution in [0.4, 0.5) is 4.39 Å². The molecule has 0 aliphatic rings. The Labute approximate surface area is 111 Å². The fraction of sp³-hybridized carbons (Fsp3) is 0.0769. The van der Waals surface area contributed by atoms with Crippen LogP contribution in [-0.2, 0) is 11.2 Å². The molecule has 3 rings (SSSR count). The number of fused-ring (bicyclic) bond motifs is 1. The van der Waals surface area contributed by atoms with Crippen LogP contribution in [0, 0.1) is 5.82 Å². The zero-order chi connectivity index (χ0) is 13.4. The molecule has 19 heavy (non-hydrogen) atoms. The maximum atomic E-state index is 12.9. The molecule has 2 aromatic heterocycles. The lowest BCUT2D eigenvalue weighted by Crippen LogP contribution is -2.03. The molecule has 0 saturated carbocycles. The average Bonchev–Trinajstić information content (AvgIpc) is 2.93. The molecule has 6 heteroatoms. The molecule has 2 heterocycles. The third-order valence-electron chi connectivity index (χ3n) is 2.79. The Balaban J connectivity index is 2.15. The van der Waals surface area contributed by atoms with Gasteiger partial charge in [0.1, 0.15) is 5.82 Å². The SMILES string of the molecule is O=C(O)Cc1cnc2scc(-c3ccc(F)cc3)n12. The first kappa shape index (κ1) is 11.9. The summed E-state index contributed by atoms with van der Waals surface area (Å²) in [5.41, 5.74) is 2.27. The first-order valence-electron chi connectivity index (χ1n) is 5.56. The van der Waals surface area contributed by atoms with Gasteiger partial charge in [0.05, 0.1) is 24.0 Å². The summed E-state index contributed by atoms with van der Waals surface area (Å²) in [5, 5.41) is 10.8. The molecule has 3 aromatic rings. The molecule has 1 N–H and O–H groups in total. The van der Waals surface area contributed by atoms with E-state index in [1.165, 1.54) is 23.5 Å². The number of halogens is 1. The molecular formula is C13H9FN2O2S. The number of thiazole rings is 1. The fourth-order valence-corrected chi connectivity index (χ4v) is 2.86. The van der Waals surface area contributed by atoms with Gasteiger partial charge in [-0.15, -0.1) is 11.3 Å². The van der Waals surface area contributed by atoms with Gasteiger partial charge in [-0.3, -0.25) is 9.20 Å². The lowest BCUT2D eigenvalue weighted by atomic mass is 10.1. The van der Waals surface area contributed by atoms with Crippen LogP contribution in [0.1, 0.15) is 5.69 Å². The first-order valence-corrected chi connectivity index (χ1v) is 6.44. The van der Waals surface area contributed by atoms with Crippen molar-refractivity contribution in [1.29, 1.82) is 0 Å². The minimum absolute atomic E-state index is 0.0912. The Morgan fingerprint density at radius 2 is 2.11 bits per heavy atom. The van der Waals surface area contributed by atoms with Crippen LogP contribution in [0.25, 0.3) is 16.2 Å². The second-order valence-electron chi connectivity index (χ2n) is 4.07. The molecule has 0 saturated heterocycles. The highest BCUT2D eigenvalue weighted by Gasteiger charge is 2.13. The molecular weight excluding hydrogens is 267 g/mol. The van der Waals surface area contributed by atoms with Gasteiger partial charge in [0, 0.05) is 5.38 Å². The van der Waals surface area contributed by atoms with E-state index >= 15 is 0 Å². The van der Waals surface area contributed by atoms with Crippen molar-refractivity contribution in [2.45, 2.75) is 6.42 Å². The van der Waals surface area contributed by atoms with E-state index in [4.69, 9.17) is 5.11 Å². The Bertz CT molecular complexity index is 746. The number of imidazole rings is 1. The van der Waals surface area contributed by atoms with Crippen LogP contribution < -0.4 is 0 Å². The number of benzene rings is 1. The zero-order valence-electron chi connectivity index (χ0n) is 9.71. The molecule has 0 spiro atoms. The predicted octanol–water partition coefficient (Wildman–Crippen LogP) is 2.83. The highest BCUT2D eigenvalue weighted by molar-refractivity contribution is 7.15. The molecule has 0 aliphatic heterocycles. The van der Waals surface area contributed by atoms with Gasteiger partial charge >= 0.3 is 5.97 Å². The minimum Gasteiger partial charge on any atom is -0.481 e. The van der Waals surface area contributed by atoms with Crippen LogP contribution in [-0.4, -0.2) is 20.5 Å². The first-order chi connectivity index (χ1) is 9.15. The average molecular weight is 276 g/mol. The molecule has 0 bridgehead atoms. The normalized spacial score (nSPS) is 11.0. The van der Waals surface area contributed by atoms with E-state index in [2.05, 4.69) is 4.98 Å². The van der Waals surface area contributed by atoms with E-state index in [1.54, 1.807) is 22.7 Å². The molecule has 1 aromatic carbocycles. The van der Waals surface area contributed by atoms with Crippen molar-refractivity contribution in [2.75, 3.05) is 0 Å². The Morgan fingerprint density at radius 3 is 2.79 bits per heavy atom. The van der Waals surface area contributed by atoms with Crippen LogP contribution >= 0.6 is 11.3 Å². The molecule has 0 atom stereocenters. The van der Waals surface area contributed by atoms with Gasteiger partial charge in [-0.1, -0.05) is 0 Å². The molecule has 4 nitrogen and oxygen atoms in total. The number of nitrogens with zero attached hydrogens (tertiary/aromatic N) is 2. The second kappa shape index (κ2) is 4.47. The largest absolute Gasteiger partial charge is 0.481 e. The fourth-order valence-electron chi connectivity index (χ4n) is 1.97. The van der Waals surface area contributed by atoms with Crippen LogP contribution in [0.2, 0.25) is 0 Å². The van der Waals surface area contributed by atoms with Gasteiger partial charge in [-0.2, -0.15) is 0 Å². The summed E-state index contributed by atoms with van der Waals surface area (Å²) in [4.78, 5) is 15.7. The second-order valence-corrected chi connectivity index (χ2v) is 4.90. The molecule has 96 valence electrons. The number of carboxylic acids is 1. The van der Waals surface area contributed by atoms with E-state index in [0.717, 1.165) is 16.2 Å². The van der Waals surface area contributed by atoms with Gasteiger partial charge in [0.15, 0.2) is 4.96 Å². The van der Waals surface area contributed by atoms with E-state index < -0.39 is 5.97 Å². The maximum Gasteiger partial charge on any atom is 0.309 e. The lowest BCUT2D eigenvalue weighted by Gasteiger charge is -2.02. The third kappa shape index (κ3) is 2.10. The van der Waals surface area contributed by atoms with Crippen LogP contribution in [0.3, 0.4) is 0 Å². The number of aromatic nitrogens is 2. The summed E-state index contributed by atoms with van der Waals surface area (Å²) < 4.78 is 14.7. The number of rotatable bonds is 3. The molecule has 0 amide bonds. The third-order valence-corrected chi connectivity index (χ3v) is 3.63. The van der Waals surface area contributed by atoms with Crippen molar-refractivity contribution in [3.63, 3.8) is 0 Å². The van der Waals surface area contributed by atoms with E-state index in [1.807, 2.05) is 5.38 Å². The van der Waals surface area contributed by atoms with Crippen LogP contribution in [0.5, 0.6) is 0 Å². The van der Waals surface area contributed by atoms with Crippen molar-refractivity contribution < 1.29 is 14.3 Å². The smallest absolute Gasteiger partial charge is 0.309 e. The van der Waals surface area contributed by atoms with Crippen molar-refractivity contribution in [1.82, 2.24) is 9.38 Å². The Hall–Kier alpha value is -2.21. The van der Waals surface area contributed by atoms with Gasteiger partial charge in [-0.05, 0) is 29.8 Å². The Morgan fingerprint density at radius 1 is 1.37 bits per heavy atom. The number of hydrogen-bond acceptors (Lipinski definition) is 3. The summed E-state index contributed by atoms with van der Waals surface area (Å²) >= 11 is 1.43. The number of hydrogen-bond donors (Lipinski definition) is 1. The van der Waals surface area contributed by atoms with Gasteiger partial charge in [0.2, 0.25) is 0 Å². The molecule has 0 aliphatic carbocycles. The monoisotopic (exact) mass is 276 g/mol. The number of carbonyl (C=O) groups is 1. The minimum atomic E-state index is -0.905. The van der Waals surface area contributed by atoms with E-state index in [0.29, 0.717) is 5.69 Å². The number of carboxylic acid groups (broad SMARTS) is 1. The topological polar surface area (TPSA) is 54.6 Å².